The Morgan fingerprint density at radius 1 is 1.09 bits per heavy atom. The largest absolute Gasteiger partial charge is 0.490 e. The number of pyridine rings is 1. The van der Waals surface area contributed by atoms with Crippen molar-refractivity contribution in [2.24, 2.45) is 0 Å². The van der Waals surface area contributed by atoms with E-state index in [0.29, 0.717) is 18.8 Å². The molecule has 0 unspecified atom stereocenters. The summed E-state index contributed by atoms with van der Waals surface area (Å²) in [6, 6.07) is 14.6. The monoisotopic (exact) mass is 494 g/mol. The highest BCUT2D eigenvalue weighted by Crippen LogP contribution is 2.34. The van der Waals surface area contributed by atoms with Crippen LogP contribution < -0.4 is 19.1 Å². The maximum absolute atomic E-state index is 13.1. The van der Waals surface area contributed by atoms with Gasteiger partial charge in [-0.05, 0) is 55.4 Å². The molecule has 9 heteroatoms. The highest BCUT2D eigenvalue weighted by molar-refractivity contribution is 7.92. The van der Waals surface area contributed by atoms with Crippen molar-refractivity contribution in [2.45, 2.75) is 31.4 Å². The van der Waals surface area contributed by atoms with E-state index in [9.17, 15) is 8.42 Å². The second kappa shape index (κ2) is 9.39. The fraction of sp³-hybridized carbons (Fsp3) is 0.346. The molecule has 5 rings (SSSR count). The van der Waals surface area contributed by atoms with Gasteiger partial charge in [-0.3, -0.25) is 4.72 Å². The molecule has 0 bridgehead atoms. The number of fused-ring (bicyclic) bond motifs is 2. The van der Waals surface area contributed by atoms with Gasteiger partial charge in [0.2, 0.25) is 5.88 Å². The predicted molar refractivity (Wildman–Crippen MR) is 136 cm³/mol. The van der Waals surface area contributed by atoms with Crippen LogP contribution in [0.4, 0.5) is 11.4 Å². The molecule has 35 heavy (non-hydrogen) atoms. The topological polar surface area (TPSA) is 84.0 Å². The van der Waals surface area contributed by atoms with Gasteiger partial charge in [-0.15, -0.1) is 0 Å². The second-order valence-electron chi connectivity index (χ2n) is 9.21. The maximum atomic E-state index is 13.1. The van der Waals surface area contributed by atoms with E-state index in [1.807, 2.05) is 45.3 Å². The number of hydrogen-bond donors (Lipinski definition) is 1. The first-order chi connectivity index (χ1) is 16.8. The average molecular weight is 495 g/mol. The van der Waals surface area contributed by atoms with Gasteiger partial charge in [-0.2, -0.15) is 0 Å². The molecule has 3 aromatic rings. The van der Waals surface area contributed by atoms with Gasteiger partial charge in [-0.1, -0.05) is 23.8 Å². The molecular formula is C26H30N4O4S. The van der Waals surface area contributed by atoms with Gasteiger partial charge in [0, 0.05) is 26.6 Å². The summed E-state index contributed by atoms with van der Waals surface area (Å²) in [6.45, 7) is 5.25. The molecule has 1 N–H and O–H groups in total. The van der Waals surface area contributed by atoms with E-state index in [1.54, 1.807) is 24.3 Å². The number of sulfonamides is 1. The zero-order chi connectivity index (χ0) is 24.6. The summed E-state index contributed by atoms with van der Waals surface area (Å²) in [5.41, 5.74) is 5.23. The van der Waals surface area contributed by atoms with Crippen LogP contribution in [0.15, 0.2) is 53.4 Å². The summed E-state index contributed by atoms with van der Waals surface area (Å²) in [7, 11) is 0.278. The molecule has 3 heterocycles. The molecule has 8 nitrogen and oxygen atoms in total. The van der Waals surface area contributed by atoms with Gasteiger partial charge in [0.15, 0.2) is 0 Å². The van der Waals surface area contributed by atoms with Crippen LogP contribution in [0.5, 0.6) is 11.6 Å². The van der Waals surface area contributed by atoms with Crippen LogP contribution in [0.25, 0.3) is 0 Å². The highest BCUT2D eigenvalue weighted by atomic mass is 32.2. The van der Waals surface area contributed by atoms with Crippen LogP contribution in [0.2, 0.25) is 0 Å². The van der Waals surface area contributed by atoms with Crippen molar-refractivity contribution >= 4 is 21.4 Å². The molecule has 0 saturated carbocycles. The molecule has 0 saturated heterocycles. The van der Waals surface area contributed by atoms with Gasteiger partial charge >= 0.3 is 0 Å². The number of benzene rings is 2. The van der Waals surface area contributed by atoms with E-state index in [1.165, 1.54) is 0 Å². The third kappa shape index (κ3) is 5.06. The summed E-state index contributed by atoms with van der Waals surface area (Å²) in [6.07, 6.45) is 0.784. The normalized spacial score (nSPS) is 15.7. The van der Waals surface area contributed by atoms with Crippen LogP contribution in [0, 0.1) is 6.92 Å². The minimum atomic E-state index is -3.80. The molecule has 0 fully saturated rings. The number of hydrogen-bond acceptors (Lipinski definition) is 7. The quantitative estimate of drug-likeness (QED) is 0.561. The van der Waals surface area contributed by atoms with Gasteiger partial charge in [-0.25, -0.2) is 13.4 Å². The van der Waals surface area contributed by atoms with Crippen LogP contribution in [0.3, 0.4) is 0 Å². The Kier molecular flexibility index (Phi) is 6.29. The summed E-state index contributed by atoms with van der Waals surface area (Å²) < 4.78 is 40.9. The summed E-state index contributed by atoms with van der Waals surface area (Å²) >= 11 is 0. The Morgan fingerprint density at radius 2 is 1.89 bits per heavy atom. The number of nitrogens with zero attached hydrogens (tertiary/aromatic N) is 3. The van der Waals surface area contributed by atoms with Crippen molar-refractivity contribution in [2.75, 3.05) is 43.4 Å². The predicted octanol–water partition coefficient (Wildman–Crippen LogP) is 3.59. The SMILES string of the molecule is Cc1ccc(S(=O)(=O)Nc2cc3c(nc2OCc2ccc4c(c2)OCCN4C)CCN(C)C3)cc1. The van der Waals surface area contributed by atoms with Crippen molar-refractivity contribution in [3.63, 3.8) is 0 Å². The van der Waals surface area contributed by atoms with E-state index in [0.717, 1.165) is 53.3 Å². The first-order valence-electron chi connectivity index (χ1n) is 11.7. The molecule has 184 valence electrons. The lowest BCUT2D eigenvalue weighted by atomic mass is 10.1. The van der Waals surface area contributed by atoms with Crippen LogP contribution >= 0.6 is 0 Å². The highest BCUT2D eigenvalue weighted by Gasteiger charge is 2.23. The Balaban J connectivity index is 1.44. The molecule has 0 amide bonds. The first-order valence-corrected chi connectivity index (χ1v) is 13.2. The Morgan fingerprint density at radius 3 is 2.69 bits per heavy atom. The summed E-state index contributed by atoms with van der Waals surface area (Å²) in [4.78, 5) is 9.28. The minimum absolute atomic E-state index is 0.194. The number of rotatable bonds is 6. The zero-order valence-corrected chi connectivity index (χ0v) is 21.1. The zero-order valence-electron chi connectivity index (χ0n) is 20.2. The number of nitrogens with one attached hydrogen (secondary N) is 1. The van der Waals surface area contributed by atoms with E-state index in [2.05, 4.69) is 14.5 Å². The van der Waals surface area contributed by atoms with Crippen LogP contribution in [0.1, 0.15) is 22.4 Å². The smallest absolute Gasteiger partial charge is 0.262 e. The standard InChI is InChI=1S/C26H30N4O4S/c1-18-4-7-21(8-5-18)35(31,32)28-23-15-20-16-29(2)11-10-22(20)27-26(23)34-17-19-6-9-24-25(14-19)33-13-12-30(24)3/h4-9,14-15,28H,10-13,16-17H2,1-3H3. The third-order valence-electron chi connectivity index (χ3n) is 6.40. The second-order valence-corrected chi connectivity index (χ2v) is 10.9. The Labute approximate surface area is 206 Å². The Bertz CT molecular complexity index is 1340. The molecule has 0 aliphatic carbocycles. The molecular weight excluding hydrogens is 464 g/mol. The van der Waals surface area contributed by atoms with Gasteiger partial charge in [0.25, 0.3) is 10.0 Å². The lowest BCUT2D eigenvalue weighted by molar-refractivity contribution is 0.283. The fourth-order valence-electron chi connectivity index (χ4n) is 4.34. The summed E-state index contributed by atoms with van der Waals surface area (Å²) in [5, 5.41) is 0. The number of likely N-dealkylation sites (N-methyl/N-ethyl adjacent to an activating group) is 2. The number of aromatic nitrogens is 1. The number of aryl methyl sites for hydroxylation is 1. The van der Waals surface area contributed by atoms with E-state index in [4.69, 9.17) is 14.5 Å². The van der Waals surface area contributed by atoms with Gasteiger partial charge in [0.05, 0.1) is 22.8 Å². The lowest BCUT2D eigenvalue weighted by Crippen LogP contribution is -2.28. The third-order valence-corrected chi connectivity index (χ3v) is 7.78. The van der Waals surface area contributed by atoms with Crippen molar-refractivity contribution < 1.29 is 17.9 Å². The number of anilines is 2. The molecule has 0 spiro atoms. The maximum Gasteiger partial charge on any atom is 0.262 e. The molecule has 1 aromatic heterocycles. The van der Waals surface area contributed by atoms with Crippen LogP contribution in [-0.4, -0.2) is 52.1 Å². The van der Waals surface area contributed by atoms with Crippen molar-refractivity contribution in [3.8, 4) is 11.6 Å². The van der Waals surface area contributed by atoms with E-state index < -0.39 is 10.0 Å². The van der Waals surface area contributed by atoms with Crippen molar-refractivity contribution in [3.05, 3.63) is 70.9 Å². The fourth-order valence-corrected chi connectivity index (χ4v) is 5.39. The molecule has 0 radical (unpaired) electrons. The van der Waals surface area contributed by atoms with E-state index >= 15 is 0 Å². The lowest BCUT2D eigenvalue weighted by Gasteiger charge is -2.28. The molecule has 2 aliphatic heterocycles. The molecule has 2 aliphatic rings. The number of ether oxygens (including phenoxy) is 2. The van der Waals surface area contributed by atoms with Gasteiger partial charge < -0.3 is 19.3 Å². The van der Waals surface area contributed by atoms with Gasteiger partial charge in [0.1, 0.15) is 24.7 Å². The molecule has 2 aromatic carbocycles. The first kappa shape index (κ1) is 23.4. The molecule has 0 atom stereocenters. The van der Waals surface area contributed by atoms with Crippen LogP contribution in [-0.2, 0) is 29.6 Å². The Hall–Kier alpha value is -3.30. The van der Waals surface area contributed by atoms with Crippen molar-refractivity contribution in [1.82, 2.24) is 9.88 Å². The average Bonchev–Trinajstić information content (AvgIpc) is 2.83. The minimum Gasteiger partial charge on any atom is -0.490 e. The van der Waals surface area contributed by atoms with E-state index in [-0.39, 0.29) is 17.4 Å². The summed E-state index contributed by atoms with van der Waals surface area (Å²) in [5.74, 6) is 1.10. The van der Waals surface area contributed by atoms with Crippen molar-refractivity contribution in [1.29, 1.82) is 0 Å².